The number of rotatable bonds is 7. The van der Waals surface area contributed by atoms with Crippen LogP contribution >= 0.6 is 11.8 Å². The predicted molar refractivity (Wildman–Crippen MR) is 124 cm³/mol. The molecule has 1 aliphatic heterocycles. The third-order valence-electron chi connectivity index (χ3n) is 4.91. The average Bonchev–Trinajstić information content (AvgIpc) is 2.81. The lowest BCUT2D eigenvalue weighted by Crippen LogP contribution is -2.37. The Balaban J connectivity index is 1.55. The van der Waals surface area contributed by atoms with Gasteiger partial charge in [-0.3, -0.25) is 0 Å². The zero-order valence-corrected chi connectivity index (χ0v) is 18.1. The van der Waals surface area contributed by atoms with E-state index in [-0.39, 0.29) is 0 Å². The first-order valence-corrected chi connectivity index (χ1v) is 11.4. The third-order valence-corrected chi connectivity index (χ3v) is 5.50. The first-order chi connectivity index (χ1) is 14.7. The molecule has 3 aromatic rings. The van der Waals surface area contributed by atoms with Crippen LogP contribution in [-0.4, -0.2) is 49.6 Å². The third kappa shape index (κ3) is 5.04. The summed E-state index contributed by atoms with van der Waals surface area (Å²) in [4.78, 5) is 11.9. The van der Waals surface area contributed by atoms with E-state index in [4.69, 9.17) is 19.4 Å². The fourth-order valence-corrected chi connectivity index (χ4v) is 3.78. The molecule has 1 aliphatic rings. The Hall–Kier alpha value is -2.77. The van der Waals surface area contributed by atoms with E-state index in [0.29, 0.717) is 0 Å². The molecule has 0 bridgehead atoms. The molecule has 2 aromatic carbocycles. The van der Waals surface area contributed by atoms with E-state index >= 15 is 0 Å². The zero-order chi connectivity index (χ0) is 20.8. The Morgan fingerprint density at radius 3 is 2.30 bits per heavy atom. The molecule has 1 saturated heterocycles. The van der Waals surface area contributed by atoms with E-state index < -0.39 is 0 Å². The van der Waals surface area contributed by atoms with Crippen LogP contribution in [0, 0.1) is 0 Å². The standard InChI is InChI=1S/C23H26N4O2S/c1-28-21-9-7-19(8-10-21)24-18-5-3-17(4-6-18)23-25-20(16-30-2)15-22(26-23)27-11-13-29-14-12-27/h3-10,15,24H,11-14,16H2,1-2H3. The Kier molecular flexibility index (Phi) is 6.71. The van der Waals surface area contributed by atoms with Crippen molar-refractivity contribution in [2.75, 3.05) is 49.9 Å². The van der Waals surface area contributed by atoms with Gasteiger partial charge >= 0.3 is 0 Å². The van der Waals surface area contributed by atoms with Crippen molar-refractivity contribution >= 4 is 29.0 Å². The summed E-state index contributed by atoms with van der Waals surface area (Å²) >= 11 is 1.77. The van der Waals surface area contributed by atoms with Gasteiger partial charge in [0.05, 0.1) is 26.0 Å². The summed E-state index contributed by atoms with van der Waals surface area (Å²) in [5.74, 6) is 3.45. The van der Waals surface area contributed by atoms with Crippen molar-refractivity contribution in [2.45, 2.75) is 5.75 Å². The van der Waals surface area contributed by atoms with Crippen molar-refractivity contribution in [3.8, 4) is 17.1 Å². The van der Waals surface area contributed by atoms with Crippen molar-refractivity contribution in [1.29, 1.82) is 0 Å². The van der Waals surface area contributed by atoms with Gasteiger partial charge in [0.15, 0.2) is 5.82 Å². The molecule has 0 saturated carbocycles. The highest BCUT2D eigenvalue weighted by Gasteiger charge is 2.15. The van der Waals surface area contributed by atoms with Crippen LogP contribution in [0.25, 0.3) is 11.4 Å². The van der Waals surface area contributed by atoms with Crippen molar-refractivity contribution in [1.82, 2.24) is 9.97 Å². The number of aromatic nitrogens is 2. The molecule has 1 aromatic heterocycles. The van der Waals surface area contributed by atoms with Crippen LogP contribution in [0.1, 0.15) is 5.69 Å². The van der Waals surface area contributed by atoms with Gasteiger partial charge < -0.3 is 19.7 Å². The summed E-state index contributed by atoms with van der Waals surface area (Å²) in [6.45, 7) is 3.20. The molecule has 156 valence electrons. The topological polar surface area (TPSA) is 59.5 Å². The number of ether oxygens (including phenoxy) is 2. The molecular weight excluding hydrogens is 396 g/mol. The van der Waals surface area contributed by atoms with Crippen LogP contribution in [0.5, 0.6) is 5.75 Å². The van der Waals surface area contributed by atoms with Crippen molar-refractivity contribution in [2.24, 2.45) is 0 Å². The van der Waals surface area contributed by atoms with Gasteiger partial charge in [0.2, 0.25) is 0 Å². The molecule has 1 fully saturated rings. The quantitative estimate of drug-likeness (QED) is 0.597. The van der Waals surface area contributed by atoms with Crippen LogP contribution in [0.4, 0.5) is 17.2 Å². The summed E-state index contributed by atoms with van der Waals surface area (Å²) in [6.07, 6.45) is 2.09. The highest BCUT2D eigenvalue weighted by molar-refractivity contribution is 7.97. The van der Waals surface area contributed by atoms with Crippen molar-refractivity contribution in [3.63, 3.8) is 0 Å². The molecule has 0 amide bonds. The van der Waals surface area contributed by atoms with Crippen LogP contribution in [0.15, 0.2) is 54.6 Å². The lowest BCUT2D eigenvalue weighted by atomic mass is 10.1. The summed E-state index contributed by atoms with van der Waals surface area (Å²) in [7, 11) is 1.67. The van der Waals surface area contributed by atoms with E-state index in [0.717, 1.165) is 72.1 Å². The van der Waals surface area contributed by atoms with E-state index in [1.165, 1.54) is 0 Å². The van der Waals surface area contributed by atoms with Crippen molar-refractivity contribution in [3.05, 3.63) is 60.3 Å². The molecule has 6 nitrogen and oxygen atoms in total. The first kappa shape index (κ1) is 20.5. The minimum Gasteiger partial charge on any atom is -0.497 e. The summed E-state index contributed by atoms with van der Waals surface area (Å²) in [6, 6.07) is 18.2. The maximum Gasteiger partial charge on any atom is 0.161 e. The van der Waals surface area contributed by atoms with Gasteiger partial charge in [0.1, 0.15) is 11.6 Å². The second-order valence-corrected chi connectivity index (χ2v) is 7.87. The lowest BCUT2D eigenvalue weighted by molar-refractivity contribution is 0.122. The zero-order valence-electron chi connectivity index (χ0n) is 17.3. The minimum absolute atomic E-state index is 0.739. The Morgan fingerprint density at radius 2 is 1.67 bits per heavy atom. The van der Waals surface area contributed by atoms with Gasteiger partial charge in [-0.15, -0.1) is 0 Å². The second-order valence-electron chi connectivity index (χ2n) is 7.00. The number of morpholine rings is 1. The van der Waals surface area contributed by atoms with Gasteiger partial charge in [-0.1, -0.05) is 0 Å². The molecule has 7 heteroatoms. The molecule has 30 heavy (non-hydrogen) atoms. The molecule has 0 spiro atoms. The molecule has 0 atom stereocenters. The Morgan fingerprint density at radius 1 is 1.00 bits per heavy atom. The first-order valence-electron chi connectivity index (χ1n) is 9.96. The van der Waals surface area contributed by atoms with Crippen LogP contribution in [0.2, 0.25) is 0 Å². The molecule has 1 N–H and O–H groups in total. The van der Waals surface area contributed by atoms with Gasteiger partial charge in [-0.2, -0.15) is 11.8 Å². The predicted octanol–water partition coefficient (Wildman–Crippen LogP) is 4.60. The molecule has 4 rings (SSSR count). The molecular formula is C23H26N4O2S. The summed E-state index contributed by atoms with van der Waals surface area (Å²) in [5, 5.41) is 3.41. The fourth-order valence-electron chi connectivity index (χ4n) is 3.33. The normalized spacial score (nSPS) is 13.9. The number of anilines is 3. The average molecular weight is 423 g/mol. The van der Waals surface area contributed by atoms with Crippen LogP contribution < -0.4 is 15.0 Å². The number of methoxy groups -OCH3 is 1. The van der Waals surface area contributed by atoms with Crippen molar-refractivity contribution < 1.29 is 9.47 Å². The second kappa shape index (κ2) is 9.82. The van der Waals surface area contributed by atoms with Gasteiger partial charge in [-0.05, 0) is 54.8 Å². The van der Waals surface area contributed by atoms with Crippen LogP contribution in [0.3, 0.4) is 0 Å². The van der Waals surface area contributed by atoms with Gasteiger partial charge in [0, 0.05) is 41.8 Å². The summed E-state index contributed by atoms with van der Waals surface area (Å²) < 4.78 is 10.7. The number of hydrogen-bond donors (Lipinski definition) is 1. The van der Waals surface area contributed by atoms with E-state index in [1.807, 2.05) is 24.3 Å². The monoisotopic (exact) mass is 422 g/mol. The van der Waals surface area contributed by atoms with Gasteiger partial charge in [-0.25, -0.2) is 9.97 Å². The van der Waals surface area contributed by atoms with E-state index in [9.17, 15) is 0 Å². The number of nitrogens with one attached hydrogen (secondary N) is 1. The van der Waals surface area contributed by atoms with E-state index in [1.54, 1.807) is 18.9 Å². The Bertz CT molecular complexity index is 958. The minimum atomic E-state index is 0.739. The summed E-state index contributed by atoms with van der Waals surface area (Å²) in [5.41, 5.74) is 4.08. The smallest absolute Gasteiger partial charge is 0.161 e. The molecule has 0 unspecified atom stereocenters. The maximum absolute atomic E-state index is 5.49. The highest BCUT2D eigenvalue weighted by atomic mass is 32.2. The number of thioether (sulfide) groups is 1. The highest BCUT2D eigenvalue weighted by Crippen LogP contribution is 2.25. The molecule has 2 heterocycles. The largest absolute Gasteiger partial charge is 0.497 e. The maximum atomic E-state index is 5.49. The lowest BCUT2D eigenvalue weighted by Gasteiger charge is -2.28. The number of hydrogen-bond acceptors (Lipinski definition) is 7. The molecule has 0 aliphatic carbocycles. The molecule has 0 radical (unpaired) electrons. The Labute approximate surface area is 181 Å². The SMILES string of the molecule is COc1ccc(Nc2ccc(-c3nc(CSC)cc(N4CCOCC4)n3)cc2)cc1. The number of benzene rings is 2. The fraction of sp³-hybridized carbons (Fsp3) is 0.304. The van der Waals surface area contributed by atoms with Gasteiger partial charge in [0.25, 0.3) is 0 Å². The van der Waals surface area contributed by atoms with Crippen LogP contribution in [-0.2, 0) is 10.5 Å². The van der Waals surface area contributed by atoms with E-state index in [2.05, 4.69) is 46.8 Å². The number of nitrogens with zero attached hydrogens (tertiary/aromatic N) is 3.